The summed E-state index contributed by atoms with van der Waals surface area (Å²) < 4.78 is 44.7. The summed E-state index contributed by atoms with van der Waals surface area (Å²) in [7, 11) is 1.47. The lowest BCUT2D eigenvalue weighted by Crippen LogP contribution is -2.30. The van der Waals surface area contributed by atoms with E-state index >= 15 is 0 Å². The number of hydrogen-bond acceptors (Lipinski definition) is 4. The monoisotopic (exact) mass is 289 g/mol. The number of aromatic nitrogens is 2. The molecule has 1 aliphatic rings. The number of nitrogens with one attached hydrogen (secondary N) is 1. The quantitative estimate of drug-likeness (QED) is 0.925. The third kappa shape index (κ3) is 3.09. The highest BCUT2D eigenvalue weighted by molar-refractivity contribution is 5.30. The number of hydrogen-bond donors (Lipinski definition) is 1. The van der Waals surface area contributed by atoms with Gasteiger partial charge in [-0.15, -0.1) is 0 Å². The molecule has 0 amide bonds. The van der Waals surface area contributed by atoms with Crippen LogP contribution in [0.3, 0.4) is 0 Å². The summed E-state index contributed by atoms with van der Waals surface area (Å²) in [4.78, 5) is 8.04. The van der Waals surface area contributed by atoms with Gasteiger partial charge in [0.1, 0.15) is 6.10 Å². The first-order chi connectivity index (χ1) is 9.47. The van der Waals surface area contributed by atoms with Crippen LogP contribution in [0.2, 0.25) is 0 Å². The van der Waals surface area contributed by atoms with Gasteiger partial charge in [0, 0.05) is 19.2 Å². The second-order valence-electron chi connectivity index (χ2n) is 4.79. The topological polar surface area (TPSA) is 47.0 Å². The van der Waals surface area contributed by atoms with Crippen molar-refractivity contribution in [3.63, 3.8) is 0 Å². The van der Waals surface area contributed by atoms with Crippen molar-refractivity contribution in [3.05, 3.63) is 22.8 Å². The molecule has 0 fully saturated rings. The zero-order chi connectivity index (χ0) is 14.8. The van der Waals surface area contributed by atoms with E-state index in [-0.39, 0.29) is 11.4 Å². The Bertz CT molecular complexity index is 477. The van der Waals surface area contributed by atoms with Crippen molar-refractivity contribution < 1.29 is 17.9 Å². The molecule has 1 N–H and O–H groups in total. The van der Waals surface area contributed by atoms with Crippen LogP contribution >= 0.6 is 0 Å². The molecular formula is C13H18F3N3O. The normalized spacial score (nSPS) is 16.9. The highest BCUT2D eigenvalue weighted by atomic mass is 19.4. The number of alkyl halides is 3. The number of nitrogens with zero attached hydrogens (tertiary/aromatic N) is 2. The zero-order valence-corrected chi connectivity index (χ0v) is 11.5. The van der Waals surface area contributed by atoms with Gasteiger partial charge >= 0.3 is 6.18 Å². The first kappa shape index (κ1) is 15.2. The van der Waals surface area contributed by atoms with E-state index in [0.29, 0.717) is 31.6 Å². The van der Waals surface area contributed by atoms with E-state index < -0.39 is 18.0 Å². The number of rotatable bonds is 4. The Hall–Kier alpha value is -1.21. The van der Waals surface area contributed by atoms with E-state index in [1.807, 2.05) is 6.92 Å². The molecule has 1 aromatic heterocycles. The summed E-state index contributed by atoms with van der Waals surface area (Å²) in [5, 5.41) is 3.04. The lowest BCUT2D eigenvalue weighted by atomic mass is 10.0. The smallest absolute Gasteiger partial charge is 0.373 e. The zero-order valence-electron chi connectivity index (χ0n) is 11.5. The van der Waals surface area contributed by atoms with E-state index in [1.165, 1.54) is 7.11 Å². The third-order valence-electron chi connectivity index (χ3n) is 3.35. The van der Waals surface area contributed by atoms with Crippen molar-refractivity contribution >= 4 is 0 Å². The molecular weight excluding hydrogens is 271 g/mol. The van der Waals surface area contributed by atoms with Gasteiger partial charge in [0.15, 0.2) is 11.5 Å². The second-order valence-corrected chi connectivity index (χ2v) is 4.79. The van der Waals surface area contributed by atoms with Gasteiger partial charge in [-0.25, -0.2) is 9.97 Å². The molecule has 1 aromatic rings. The molecule has 0 aliphatic carbocycles. The molecule has 1 aliphatic heterocycles. The van der Waals surface area contributed by atoms with Gasteiger partial charge in [0.05, 0.1) is 5.69 Å². The van der Waals surface area contributed by atoms with E-state index in [9.17, 15) is 13.2 Å². The van der Waals surface area contributed by atoms with E-state index in [2.05, 4.69) is 15.3 Å². The lowest BCUT2D eigenvalue weighted by molar-refractivity contribution is -0.142. The summed E-state index contributed by atoms with van der Waals surface area (Å²) in [6, 6.07) is 0. The van der Waals surface area contributed by atoms with Crippen molar-refractivity contribution in [1.29, 1.82) is 0 Å². The maximum absolute atomic E-state index is 13.2. The van der Waals surface area contributed by atoms with Crippen LogP contribution in [0.4, 0.5) is 13.2 Å². The molecule has 0 saturated carbocycles. The first-order valence-electron chi connectivity index (χ1n) is 6.67. The number of halogens is 3. The highest BCUT2D eigenvalue weighted by Crippen LogP contribution is 2.34. The van der Waals surface area contributed by atoms with Crippen molar-refractivity contribution in [1.82, 2.24) is 15.3 Å². The van der Waals surface area contributed by atoms with Crippen LogP contribution in [0.5, 0.6) is 0 Å². The molecule has 0 radical (unpaired) electrons. The SMILES string of the molecule is CCCC(OC)c1nc2c(c(C(F)(F)F)n1)CCNC2. The molecule has 2 rings (SSSR count). The Labute approximate surface area is 115 Å². The molecule has 2 heterocycles. The Kier molecular flexibility index (Phi) is 4.59. The van der Waals surface area contributed by atoms with E-state index in [0.717, 1.165) is 6.42 Å². The fraction of sp³-hybridized carbons (Fsp3) is 0.692. The van der Waals surface area contributed by atoms with Gasteiger partial charge in [-0.1, -0.05) is 13.3 Å². The fourth-order valence-corrected chi connectivity index (χ4v) is 2.37. The molecule has 0 aromatic carbocycles. The van der Waals surface area contributed by atoms with Crippen molar-refractivity contribution in [3.8, 4) is 0 Å². The summed E-state index contributed by atoms with van der Waals surface area (Å²) in [6.07, 6.45) is -3.26. The van der Waals surface area contributed by atoms with Gasteiger partial charge in [0.25, 0.3) is 0 Å². The lowest BCUT2D eigenvalue weighted by Gasteiger charge is -2.23. The van der Waals surface area contributed by atoms with Crippen LogP contribution in [-0.2, 0) is 23.9 Å². The van der Waals surface area contributed by atoms with Crippen LogP contribution in [0, 0.1) is 0 Å². The maximum atomic E-state index is 13.2. The van der Waals surface area contributed by atoms with Crippen molar-refractivity contribution in [2.75, 3.05) is 13.7 Å². The molecule has 4 nitrogen and oxygen atoms in total. The minimum absolute atomic E-state index is 0.129. The Morgan fingerprint density at radius 1 is 1.35 bits per heavy atom. The van der Waals surface area contributed by atoms with Crippen LogP contribution in [0.1, 0.15) is 48.6 Å². The predicted molar refractivity (Wildman–Crippen MR) is 67.1 cm³/mol. The van der Waals surface area contributed by atoms with Crippen molar-refractivity contribution in [2.24, 2.45) is 0 Å². The second kappa shape index (κ2) is 6.05. The predicted octanol–water partition coefficient (Wildman–Crippen LogP) is 2.63. The van der Waals surface area contributed by atoms with Gasteiger partial charge in [0.2, 0.25) is 0 Å². The van der Waals surface area contributed by atoms with Gasteiger partial charge in [-0.05, 0) is 19.4 Å². The van der Waals surface area contributed by atoms with Crippen LogP contribution < -0.4 is 5.32 Å². The van der Waals surface area contributed by atoms with Gasteiger partial charge in [-0.2, -0.15) is 13.2 Å². The fourth-order valence-electron chi connectivity index (χ4n) is 2.37. The Morgan fingerprint density at radius 3 is 2.70 bits per heavy atom. The van der Waals surface area contributed by atoms with E-state index in [1.54, 1.807) is 0 Å². The third-order valence-corrected chi connectivity index (χ3v) is 3.35. The first-order valence-corrected chi connectivity index (χ1v) is 6.67. The average Bonchev–Trinajstić information content (AvgIpc) is 2.42. The number of ether oxygens (including phenoxy) is 1. The number of methoxy groups -OCH3 is 1. The van der Waals surface area contributed by atoms with E-state index in [4.69, 9.17) is 4.74 Å². The van der Waals surface area contributed by atoms with Crippen LogP contribution in [0.15, 0.2) is 0 Å². The molecule has 0 bridgehead atoms. The molecule has 20 heavy (non-hydrogen) atoms. The van der Waals surface area contributed by atoms with Crippen LogP contribution in [0.25, 0.3) is 0 Å². The molecule has 0 spiro atoms. The summed E-state index contributed by atoms with van der Waals surface area (Å²) >= 11 is 0. The summed E-state index contributed by atoms with van der Waals surface area (Å²) in [5.41, 5.74) is -0.157. The summed E-state index contributed by atoms with van der Waals surface area (Å²) in [6.45, 7) is 2.80. The largest absolute Gasteiger partial charge is 0.433 e. The Balaban J connectivity index is 2.49. The molecule has 1 unspecified atom stereocenters. The number of fused-ring (bicyclic) bond motifs is 1. The highest BCUT2D eigenvalue weighted by Gasteiger charge is 2.38. The standard InChI is InChI=1S/C13H18F3N3O/c1-3-4-10(20-2)12-18-9-7-17-6-5-8(9)11(19-12)13(14,15)16/h10,17H,3-7H2,1-2H3. The van der Waals surface area contributed by atoms with Gasteiger partial charge < -0.3 is 10.1 Å². The molecule has 1 atom stereocenters. The Morgan fingerprint density at radius 2 is 2.10 bits per heavy atom. The average molecular weight is 289 g/mol. The maximum Gasteiger partial charge on any atom is 0.433 e. The molecule has 0 saturated heterocycles. The van der Waals surface area contributed by atoms with Crippen molar-refractivity contribution in [2.45, 2.75) is 45.0 Å². The minimum Gasteiger partial charge on any atom is -0.373 e. The minimum atomic E-state index is -4.45. The molecule has 112 valence electrons. The van der Waals surface area contributed by atoms with Crippen LogP contribution in [-0.4, -0.2) is 23.6 Å². The summed E-state index contributed by atoms with van der Waals surface area (Å²) in [5.74, 6) is 0.129. The van der Waals surface area contributed by atoms with Gasteiger partial charge in [-0.3, -0.25) is 0 Å². The molecule has 7 heteroatoms.